The molecule has 1 N–H and O–H groups in total. The first-order chi connectivity index (χ1) is 6.84. The molecule has 1 aromatic heterocycles. The molecule has 0 aliphatic rings. The molecule has 0 amide bonds. The molecular weight excluding hydrogens is 246 g/mol. The second-order valence-electron chi connectivity index (χ2n) is 2.72. The summed E-state index contributed by atoms with van der Waals surface area (Å²) < 4.78 is 6.00. The summed E-state index contributed by atoms with van der Waals surface area (Å²) in [5.41, 5.74) is 1.16. The van der Waals surface area contributed by atoms with Crippen LogP contribution in [-0.2, 0) is 6.54 Å². The van der Waals surface area contributed by atoms with E-state index in [1.165, 1.54) is 6.39 Å². The van der Waals surface area contributed by atoms with Crippen molar-refractivity contribution in [1.82, 2.24) is 10.2 Å². The lowest BCUT2D eigenvalue weighted by molar-refractivity contribution is 0.565. The Morgan fingerprint density at radius 1 is 1.29 bits per heavy atom. The molecule has 0 aliphatic heterocycles. The highest BCUT2D eigenvalue weighted by atomic mass is 79.9. The van der Waals surface area contributed by atoms with Gasteiger partial charge in [-0.25, -0.2) is 0 Å². The van der Waals surface area contributed by atoms with Crippen LogP contribution in [0.1, 0.15) is 5.56 Å². The molecule has 72 valence electrons. The molecule has 1 heterocycles. The average Bonchev–Trinajstić information content (AvgIpc) is 2.70. The van der Waals surface area contributed by atoms with E-state index in [4.69, 9.17) is 4.42 Å². The Morgan fingerprint density at radius 2 is 2.07 bits per heavy atom. The average molecular weight is 254 g/mol. The fourth-order valence-corrected chi connectivity index (χ4v) is 1.29. The highest BCUT2D eigenvalue weighted by Gasteiger charge is 1.97. The van der Waals surface area contributed by atoms with Crippen molar-refractivity contribution in [2.45, 2.75) is 6.54 Å². The predicted octanol–water partition coefficient (Wildman–Crippen LogP) is 2.44. The smallest absolute Gasteiger partial charge is 0.315 e. The van der Waals surface area contributed by atoms with Gasteiger partial charge in [-0.1, -0.05) is 33.2 Å². The van der Waals surface area contributed by atoms with Crippen LogP contribution in [0.4, 0.5) is 6.01 Å². The number of halogens is 1. The topological polar surface area (TPSA) is 51.0 Å². The minimum absolute atomic E-state index is 0.438. The van der Waals surface area contributed by atoms with E-state index < -0.39 is 0 Å². The number of aromatic nitrogens is 2. The van der Waals surface area contributed by atoms with E-state index in [0.717, 1.165) is 10.0 Å². The van der Waals surface area contributed by atoms with Crippen LogP contribution in [0.3, 0.4) is 0 Å². The number of benzene rings is 1. The van der Waals surface area contributed by atoms with Crippen LogP contribution in [0.5, 0.6) is 0 Å². The van der Waals surface area contributed by atoms with Crippen LogP contribution < -0.4 is 5.32 Å². The molecule has 2 aromatic rings. The first kappa shape index (κ1) is 9.21. The molecule has 5 heteroatoms. The second kappa shape index (κ2) is 4.23. The summed E-state index contributed by atoms with van der Waals surface area (Å²) in [6, 6.07) is 8.46. The largest absolute Gasteiger partial charge is 0.411 e. The standard InChI is InChI=1S/C9H8BrN3O/c10-8-3-1-7(2-4-8)5-11-9-13-12-6-14-9/h1-4,6H,5H2,(H,11,13). The van der Waals surface area contributed by atoms with Crippen LogP contribution in [0.15, 0.2) is 39.5 Å². The zero-order valence-electron chi connectivity index (χ0n) is 7.27. The normalized spacial score (nSPS) is 10.1. The molecule has 1 aromatic carbocycles. The first-order valence-electron chi connectivity index (χ1n) is 4.09. The van der Waals surface area contributed by atoms with Crippen molar-refractivity contribution in [3.63, 3.8) is 0 Å². The Labute approximate surface area is 89.5 Å². The molecule has 4 nitrogen and oxygen atoms in total. The fourth-order valence-electron chi connectivity index (χ4n) is 1.03. The summed E-state index contributed by atoms with van der Waals surface area (Å²) in [6.07, 6.45) is 1.30. The summed E-state index contributed by atoms with van der Waals surface area (Å²) in [6.45, 7) is 0.676. The zero-order chi connectivity index (χ0) is 9.80. The quantitative estimate of drug-likeness (QED) is 0.913. The van der Waals surface area contributed by atoms with Gasteiger partial charge in [0.05, 0.1) is 0 Å². The number of nitrogens with zero attached hydrogens (tertiary/aromatic N) is 2. The third-order valence-electron chi connectivity index (χ3n) is 1.72. The maximum atomic E-state index is 4.94. The molecule has 0 saturated heterocycles. The number of rotatable bonds is 3. The third kappa shape index (κ3) is 2.32. The number of nitrogens with one attached hydrogen (secondary N) is 1. The first-order valence-corrected chi connectivity index (χ1v) is 4.88. The Bertz CT molecular complexity index is 385. The van der Waals surface area contributed by atoms with Gasteiger partial charge in [0.1, 0.15) is 0 Å². The van der Waals surface area contributed by atoms with Gasteiger partial charge in [-0.3, -0.25) is 0 Å². The molecule has 0 spiro atoms. The summed E-state index contributed by atoms with van der Waals surface area (Å²) >= 11 is 3.37. The molecule has 0 unspecified atom stereocenters. The van der Waals surface area contributed by atoms with Gasteiger partial charge in [0.15, 0.2) is 0 Å². The van der Waals surface area contributed by atoms with E-state index in [9.17, 15) is 0 Å². The van der Waals surface area contributed by atoms with Crippen molar-refractivity contribution < 1.29 is 4.42 Å². The summed E-state index contributed by atoms with van der Waals surface area (Å²) in [5, 5.41) is 10.3. The predicted molar refractivity (Wildman–Crippen MR) is 55.8 cm³/mol. The lowest BCUT2D eigenvalue weighted by atomic mass is 10.2. The molecule has 0 atom stereocenters. The van der Waals surface area contributed by atoms with Crippen molar-refractivity contribution in [1.29, 1.82) is 0 Å². The van der Waals surface area contributed by atoms with E-state index in [2.05, 4.69) is 31.4 Å². The van der Waals surface area contributed by atoms with Gasteiger partial charge in [-0.05, 0) is 17.7 Å². The molecule has 2 rings (SSSR count). The van der Waals surface area contributed by atoms with Crippen LogP contribution in [0.2, 0.25) is 0 Å². The van der Waals surface area contributed by atoms with Crippen molar-refractivity contribution in [3.8, 4) is 0 Å². The molecule has 0 saturated carbocycles. The SMILES string of the molecule is Brc1ccc(CNc2nnco2)cc1. The Kier molecular flexibility index (Phi) is 2.78. The number of anilines is 1. The Hall–Kier alpha value is -1.36. The summed E-state index contributed by atoms with van der Waals surface area (Å²) in [4.78, 5) is 0. The Morgan fingerprint density at radius 3 is 2.71 bits per heavy atom. The van der Waals surface area contributed by atoms with Crippen LogP contribution in [0, 0.1) is 0 Å². The molecule has 0 fully saturated rings. The third-order valence-corrected chi connectivity index (χ3v) is 2.25. The molecule has 0 radical (unpaired) electrons. The molecule has 0 bridgehead atoms. The highest BCUT2D eigenvalue weighted by molar-refractivity contribution is 9.10. The van der Waals surface area contributed by atoms with E-state index >= 15 is 0 Å². The summed E-state index contributed by atoms with van der Waals surface area (Å²) in [7, 11) is 0. The number of hydrogen-bond acceptors (Lipinski definition) is 4. The summed E-state index contributed by atoms with van der Waals surface area (Å²) in [5.74, 6) is 0. The van der Waals surface area contributed by atoms with E-state index in [-0.39, 0.29) is 0 Å². The number of hydrogen-bond donors (Lipinski definition) is 1. The highest BCUT2D eigenvalue weighted by Crippen LogP contribution is 2.11. The molecular formula is C9H8BrN3O. The molecule has 0 aliphatic carbocycles. The minimum Gasteiger partial charge on any atom is -0.411 e. The lowest BCUT2D eigenvalue weighted by Gasteiger charge is -2.00. The van der Waals surface area contributed by atoms with Crippen LogP contribution in [0.25, 0.3) is 0 Å². The van der Waals surface area contributed by atoms with Gasteiger partial charge < -0.3 is 9.73 Å². The van der Waals surface area contributed by atoms with Crippen molar-refractivity contribution >= 4 is 21.9 Å². The fraction of sp³-hybridized carbons (Fsp3) is 0.111. The van der Waals surface area contributed by atoms with E-state index in [0.29, 0.717) is 12.6 Å². The van der Waals surface area contributed by atoms with Gasteiger partial charge in [-0.15, -0.1) is 5.10 Å². The maximum Gasteiger partial charge on any atom is 0.315 e. The maximum absolute atomic E-state index is 4.94. The van der Waals surface area contributed by atoms with Gasteiger partial charge in [-0.2, -0.15) is 0 Å². The van der Waals surface area contributed by atoms with Gasteiger partial charge in [0.2, 0.25) is 6.39 Å². The second-order valence-corrected chi connectivity index (χ2v) is 3.64. The van der Waals surface area contributed by atoms with Crippen LogP contribution >= 0.6 is 15.9 Å². The van der Waals surface area contributed by atoms with Crippen LogP contribution in [-0.4, -0.2) is 10.2 Å². The van der Waals surface area contributed by atoms with Crippen molar-refractivity contribution in [2.24, 2.45) is 0 Å². The molecule has 14 heavy (non-hydrogen) atoms. The Balaban J connectivity index is 1.95. The van der Waals surface area contributed by atoms with Gasteiger partial charge >= 0.3 is 6.01 Å². The van der Waals surface area contributed by atoms with E-state index in [1.54, 1.807) is 0 Å². The van der Waals surface area contributed by atoms with Gasteiger partial charge in [0, 0.05) is 11.0 Å². The van der Waals surface area contributed by atoms with E-state index in [1.807, 2.05) is 24.3 Å². The van der Waals surface area contributed by atoms with Gasteiger partial charge in [0.25, 0.3) is 0 Å². The lowest BCUT2D eigenvalue weighted by Crippen LogP contribution is -1.99. The zero-order valence-corrected chi connectivity index (χ0v) is 8.86. The minimum atomic E-state index is 0.438. The van der Waals surface area contributed by atoms with Crippen molar-refractivity contribution in [3.05, 3.63) is 40.7 Å². The van der Waals surface area contributed by atoms with Crippen molar-refractivity contribution in [2.75, 3.05) is 5.32 Å². The monoisotopic (exact) mass is 253 g/mol.